The highest BCUT2D eigenvalue weighted by molar-refractivity contribution is 7.22. The van der Waals surface area contributed by atoms with Crippen molar-refractivity contribution in [2.24, 2.45) is 7.05 Å². The van der Waals surface area contributed by atoms with Crippen LogP contribution in [-0.2, 0) is 13.6 Å². The van der Waals surface area contributed by atoms with Gasteiger partial charge in [0.05, 0.1) is 53.0 Å². The van der Waals surface area contributed by atoms with Gasteiger partial charge in [0.15, 0.2) is 5.13 Å². The Morgan fingerprint density at radius 3 is 2.86 bits per heavy atom. The molecule has 3 aromatic heterocycles. The number of aromatic nitrogens is 5. The van der Waals surface area contributed by atoms with E-state index in [0.717, 1.165) is 68.9 Å². The number of nitrogens with zero attached hydrogens (tertiary/aromatic N) is 5. The number of aliphatic hydroxyl groups is 1. The van der Waals surface area contributed by atoms with Crippen molar-refractivity contribution in [2.45, 2.75) is 44.4 Å². The molecule has 0 aliphatic heterocycles. The van der Waals surface area contributed by atoms with Crippen LogP contribution in [0.5, 0.6) is 5.75 Å². The Bertz CT molecular complexity index is 1500. The highest BCUT2D eigenvalue weighted by Gasteiger charge is 2.23. The normalized spacial score (nSPS) is 18.4. The Labute approximate surface area is 207 Å². The Kier molecular flexibility index (Phi) is 5.66. The summed E-state index contributed by atoms with van der Waals surface area (Å²) in [6, 6.07) is 10.6. The van der Waals surface area contributed by atoms with Gasteiger partial charge in [-0.15, -0.1) is 0 Å². The van der Waals surface area contributed by atoms with Crippen molar-refractivity contribution in [1.82, 2.24) is 24.3 Å². The van der Waals surface area contributed by atoms with E-state index < -0.39 is 0 Å². The molecule has 2 aromatic carbocycles. The maximum atomic E-state index is 10.3. The zero-order valence-corrected chi connectivity index (χ0v) is 20.6. The van der Waals surface area contributed by atoms with Crippen LogP contribution in [-0.4, -0.2) is 48.7 Å². The summed E-state index contributed by atoms with van der Waals surface area (Å²) >= 11 is 1.65. The lowest BCUT2D eigenvalue weighted by Gasteiger charge is -2.27. The average Bonchev–Trinajstić information content (AvgIpc) is 3.57. The van der Waals surface area contributed by atoms with Gasteiger partial charge in [0.2, 0.25) is 0 Å². The van der Waals surface area contributed by atoms with E-state index in [0.29, 0.717) is 6.54 Å². The average molecular weight is 489 g/mol. The van der Waals surface area contributed by atoms with Crippen molar-refractivity contribution in [1.29, 1.82) is 0 Å². The SMILES string of the molecule is COc1cc2ncn(Cc3ccc4nc(NC5CCCC[C@H]5O)sc4c3)c2cc1-c1cnn(C)c1. The van der Waals surface area contributed by atoms with Crippen LogP contribution in [0.3, 0.4) is 0 Å². The molecular formula is C26H28N6O2S. The number of methoxy groups -OCH3 is 1. The maximum Gasteiger partial charge on any atom is 0.184 e. The molecule has 0 bridgehead atoms. The standard InChI is InChI=1S/C26H28N6O2S/c1-31-14-17(12-28-31)18-10-22-21(11-24(18)34-2)27-15-32(22)13-16-7-8-20-25(9-16)35-26(30-20)29-19-5-3-4-6-23(19)33/h7-12,14-15,19,23,33H,3-6,13H2,1-2H3,(H,29,30)/t19?,23-/m1/s1. The second-order valence-electron chi connectivity index (χ2n) is 9.24. The van der Waals surface area contributed by atoms with Crippen LogP contribution < -0.4 is 10.1 Å². The Hall–Kier alpha value is -3.43. The number of rotatable bonds is 6. The number of ether oxygens (including phenoxy) is 1. The van der Waals surface area contributed by atoms with Crippen LogP contribution in [0, 0.1) is 0 Å². The minimum Gasteiger partial charge on any atom is -0.496 e. The fraction of sp³-hybridized carbons (Fsp3) is 0.346. The molecule has 35 heavy (non-hydrogen) atoms. The first-order valence-corrected chi connectivity index (χ1v) is 12.7. The monoisotopic (exact) mass is 488 g/mol. The van der Waals surface area contributed by atoms with Crippen LogP contribution in [0.1, 0.15) is 31.2 Å². The van der Waals surface area contributed by atoms with Crippen LogP contribution in [0.25, 0.3) is 32.4 Å². The quantitative estimate of drug-likeness (QED) is 0.356. The number of aliphatic hydroxyl groups excluding tert-OH is 1. The fourth-order valence-corrected chi connectivity index (χ4v) is 5.92. The van der Waals surface area contributed by atoms with Crippen LogP contribution in [0.15, 0.2) is 49.1 Å². The van der Waals surface area contributed by atoms with Gasteiger partial charge in [0, 0.05) is 37.0 Å². The zero-order valence-electron chi connectivity index (χ0n) is 19.8. The third-order valence-electron chi connectivity index (χ3n) is 6.80. The lowest BCUT2D eigenvalue weighted by molar-refractivity contribution is 0.116. The van der Waals surface area contributed by atoms with Gasteiger partial charge < -0.3 is 19.7 Å². The van der Waals surface area contributed by atoms with Gasteiger partial charge >= 0.3 is 0 Å². The number of aryl methyl sites for hydroxylation is 1. The van der Waals surface area contributed by atoms with Crippen molar-refractivity contribution in [3.63, 3.8) is 0 Å². The van der Waals surface area contributed by atoms with Crippen LogP contribution in [0.4, 0.5) is 5.13 Å². The third kappa shape index (κ3) is 4.26. The van der Waals surface area contributed by atoms with Crippen molar-refractivity contribution < 1.29 is 9.84 Å². The lowest BCUT2D eigenvalue weighted by Crippen LogP contribution is -2.36. The molecule has 5 aromatic rings. The summed E-state index contributed by atoms with van der Waals surface area (Å²) in [5.41, 5.74) is 6.10. The molecule has 8 nitrogen and oxygen atoms in total. The molecule has 0 saturated heterocycles. The first kappa shape index (κ1) is 22.1. The highest BCUT2D eigenvalue weighted by atomic mass is 32.1. The predicted molar refractivity (Wildman–Crippen MR) is 139 cm³/mol. The molecule has 1 aliphatic rings. The number of hydrogen-bond donors (Lipinski definition) is 2. The molecule has 1 fully saturated rings. The number of hydrogen-bond acceptors (Lipinski definition) is 7. The molecule has 1 saturated carbocycles. The van der Waals surface area contributed by atoms with E-state index in [1.54, 1.807) is 23.1 Å². The first-order valence-electron chi connectivity index (χ1n) is 11.9. The van der Waals surface area contributed by atoms with Gasteiger partial charge in [0.1, 0.15) is 5.75 Å². The summed E-state index contributed by atoms with van der Waals surface area (Å²) in [7, 11) is 3.59. The van der Waals surface area contributed by atoms with Gasteiger partial charge in [-0.05, 0) is 36.6 Å². The number of fused-ring (bicyclic) bond motifs is 2. The van der Waals surface area contributed by atoms with E-state index in [-0.39, 0.29) is 12.1 Å². The minimum absolute atomic E-state index is 0.0899. The van der Waals surface area contributed by atoms with Gasteiger partial charge in [-0.3, -0.25) is 4.68 Å². The number of nitrogens with one attached hydrogen (secondary N) is 1. The molecule has 0 radical (unpaired) electrons. The van der Waals surface area contributed by atoms with E-state index in [2.05, 4.69) is 44.2 Å². The van der Waals surface area contributed by atoms with E-state index in [1.165, 1.54) is 5.56 Å². The molecule has 2 atom stereocenters. The molecule has 0 spiro atoms. The number of benzene rings is 2. The summed E-state index contributed by atoms with van der Waals surface area (Å²) < 4.78 is 10.7. The van der Waals surface area contributed by atoms with Crippen molar-refractivity contribution >= 4 is 37.7 Å². The summed E-state index contributed by atoms with van der Waals surface area (Å²) in [6.45, 7) is 0.702. The zero-order chi connectivity index (χ0) is 23.9. The molecule has 1 unspecified atom stereocenters. The minimum atomic E-state index is -0.295. The second-order valence-corrected chi connectivity index (χ2v) is 10.3. The summed E-state index contributed by atoms with van der Waals surface area (Å²) in [4.78, 5) is 9.37. The predicted octanol–water partition coefficient (Wildman–Crippen LogP) is 4.82. The topological polar surface area (TPSA) is 90.0 Å². The maximum absolute atomic E-state index is 10.3. The van der Waals surface area contributed by atoms with E-state index in [1.807, 2.05) is 31.8 Å². The second kappa shape index (κ2) is 8.98. The van der Waals surface area contributed by atoms with Gasteiger partial charge in [0.25, 0.3) is 0 Å². The summed E-state index contributed by atoms with van der Waals surface area (Å²) in [5.74, 6) is 0.782. The van der Waals surface area contributed by atoms with Gasteiger partial charge in [-0.2, -0.15) is 5.10 Å². The molecule has 0 amide bonds. The Morgan fingerprint density at radius 1 is 1.17 bits per heavy atom. The van der Waals surface area contributed by atoms with Crippen molar-refractivity contribution in [2.75, 3.05) is 12.4 Å². The van der Waals surface area contributed by atoms with Crippen LogP contribution >= 0.6 is 11.3 Å². The summed E-state index contributed by atoms with van der Waals surface area (Å²) in [5, 5.41) is 19.0. The molecule has 9 heteroatoms. The fourth-order valence-electron chi connectivity index (χ4n) is 4.93. The molecule has 3 heterocycles. The third-order valence-corrected chi connectivity index (χ3v) is 7.75. The number of thiazole rings is 1. The van der Waals surface area contributed by atoms with E-state index >= 15 is 0 Å². The highest BCUT2D eigenvalue weighted by Crippen LogP contribution is 2.34. The smallest absolute Gasteiger partial charge is 0.184 e. The van der Waals surface area contributed by atoms with E-state index in [4.69, 9.17) is 9.72 Å². The van der Waals surface area contributed by atoms with Crippen molar-refractivity contribution in [3.8, 4) is 16.9 Å². The molecule has 6 rings (SSSR count). The first-order chi connectivity index (χ1) is 17.1. The van der Waals surface area contributed by atoms with Gasteiger partial charge in [-0.1, -0.05) is 30.2 Å². The Morgan fingerprint density at radius 2 is 2.06 bits per heavy atom. The Balaban J connectivity index is 1.29. The molecule has 2 N–H and O–H groups in total. The van der Waals surface area contributed by atoms with Crippen LogP contribution in [0.2, 0.25) is 0 Å². The molecule has 1 aliphatic carbocycles. The number of imidazole rings is 1. The molecule has 180 valence electrons. The molecular weight excluding hydrogens is 460 g/mol. The number of anilines is 1. The van der Waals surface area contributed by atoms with E-state index in [9.17, 15) is 5.11 Å². The van der Waals surface area contributed by atoms with Gasteiger partial charge in [-0.25, -0.2) is 9.97 Å². The summed E-state index contributed by atoms with van der Waals surface area (Å²) in [6.07, 6.45) is 9.52. The largest absolute Gasteiger partial charge is 0.496 e. The lowest BCUT2D eigenvalue weighted by atomic mass is 9.93. The van der Waals surface area contributed by atoms with Crippen molar-refractivity contribution in [3.05, 3.63) is 54.6 Å².